The molecule has 0 spiro atoms. The maximum Gasteiger partial charge on any atom is 0.267 e. The van der Waals surface area contributed by atoms with Crippen molar-refractivity contribution in [3.05, 3.63) is 29.8 Å². The van der Waals surface area contributed by atoms with Gasteiger partial charge in [-0.1, -0.05) is 31.0 Å². The van der Waals surface area contributed by atoms with Crippen molar-refractivity contribution in [3.8, 4) is 0 Å². The third-order valence-electron chi connectivity index (χ3n) is 4.15. The molecule has 7 heteroatoms. The Morgan fingerprint density at radius 3 is 2.54 bits per heavy atom. The van der Waals surface area contributed by atoms with E-state index >= 15 is 0 Å². The minimum absolute atomic E-state index is 0.0303. The standard InChI is InChI=1S/C17H24N2O4S/c1-4-5-13(3)18-17(21)15-10-11-16(20)19(15)24(22,23)14-8-6-12(2)7-9-14/h6-9,13,15H,4-5,10-11H2,1-3H3,(H,18,21)/t13-,15-/m0/s1. The number of carbonyl (C=O) groups is 2. The van der Waals surface area contributed by atoms with Crippen molar-refractivity contribution in [3.63, 3.8) is 0 Å². The summed E-state index contributed by atoms with van der Waals surface area (Å²) in [5.41, 5.74) is 0.921. The fraction of sp³-hybridized carbons (Fsp3) is 0.529. The van der Waals surface area contributed by atoms with Gasteiger partial charge in [0.05, 0.1) is 4.90 Å². The lowest BCUT2D eigenvalue weighted by molar-refractivity contribution is -0.131. The molecule has 24 heavy (non-hydrogen) atoms. The van der Waals surface area contributed by atoms with Crippen LogP contribution in [0.25, 0.3) is 0 Å². The first kappa shape index (κ1) is 18.4. The Morgan fingerprint density at radius 1 is 1.33 bits per heavy atom. The normalized spacial score (nSPS) is 19.4. The lowest BCUT2D eigenvalue weighted by Gasteiger charge is -2.25. The average Bonchev–Trinajstić information content (AvgIpc) is 2.90. The molecule has 1 saturated heterocycles. The van der Waals surface area contributed by atoms with E-state index in [2.05, 4.69) is 5.32 Å². The Hall–Kier alpha value is -1.89. The summed E-state index contributed by atoms with van der Waals surface area (Å²) in [5, 5.41) is 2.81. The van der Waals surface area contributed by atoms with Crippen molar-refractivity contribution < 1.29 is 18.0 Å². The third-order valence-corrected chi connectivity index (χ3v) is 6.00. The highest BCUT2D eigenvalue weighted by Gasteiger charge is 2.44. The molecule has 2 atom stereocenters. The van der Waals surface area contributed by atoms with Gasteiger partial charge in [-0.3, -0.25) is 9.59 Å². The van der Waals surface area contributed by atoms with Crippen molar-refractivity contribution in [2.45, 2.75) is 63.4 Å². The van der Waals surface area contributed by atoms with Crippen LogP contribution in [0.15, 0.2) is 29.2 Å². The molecule has 2 amide bonds. The summed E-state index contributed by atoms with van der Waals surface area (Å²) in [4.78, 5) is 24.6. The molecule has 0 aliphatic carbocycles. The van der Waals surface area contributed by atoms with Gasteiger partial charge in [0.25, 0.3) is 10.0 Å². The molecule has 6 nitrogen and oxygen atoms in total. The van der Waals surface area contributed by atoms with Crippen molar-refractivity contribution >= 4 is 21.8 Å². The van der Waals surface area contributed by atoms with Crippen LogP contribution in [0, 0.1) is 6.92 Å². The molecular formula is C17H24N2O4S. The van der Waals surface area contributed by atoms with E-state index in [0.717, 1.165) is 22.7 Å². The highest BCUT2D eigenvalue weighted by Crippen LogP contribution is 2.27. The zero-order valence-electron chi connectivity index (χ0n) is 14.3. The minimum atomic E-state index is -4.02. The first-order valence-electron chi connectivity index (χ1n) is 8.21. The summed E-state index contributed by atoms with van der Waals surface area (Å²) >= 11 is 0. The molecule has 0 saturated carbocycles. The van der Waals surface area contributed by atoms with Crippen LogP contribution in [0.2, 0.25) is 0 Å². The van der Waals surface area contributed by atoms with E-state index in [1.54, 1.807) is 12.1 Å². The van der Waals surface area contributed by atoms with Crippen molar-refractivity contribution in [2.24, 2.45) is 0 Å². The molecule has 132 valence electrons. The number of rotatable bonds is 6. The Labute approximate surface area is 143 Å². The minimum Gasteiger partial charge on any atom is -0.352 e. The first-order chi connectivity index (χ1) is 11.3. The number of hydrogen-bond donors (Lipinski definition) is 1. The van der Waals surface area contributed by atoms with Gasteiger partial charge >= 0.3 is 0 Å². The van der Waals surface area contributed by atoms with Crippen LogP contribution >= 0.6 is 0 Å². The highest BCUT2D eigenvalue weighted by atomic mass is 32.2. The van der Waals surface area contributed by atoms with Gasteiger partial charge in [-0.05, 0) is 38.8 Å². The van der Waals surface area contributed by atoms with Gasteiger partial charge < -0.3 is 5.32 Å². The second-order valence-electron chi connectivity index (χ2n) is 6.26. The van der Waals surface area contributed by atoms with Gasteiger partial charge in [0.1, 0.15) is 6.04 Å². The molecule has 1 heterocycles. The fourth-order valence-corrected chi connectivity index (χ4v) is 4.47. The maximum atomic E-state index is 12.8. The van der Waals surface area contributed by atoms with E-state index in [-0.39, 0.29) is 23.8 Å². The number of nitrogens with one attached hydrogen (secondary N) is 1. The van der Waals surface area contributed by atoms with Crippen LogP contribution in [0.1, 0.15) is 45.1 Å². The predicted octanol–water partition coefficient (Wildman–Crippen LogP) is 1.98. The molecule has 1 fully saturated rings. The highest BCUT2D eigenvalue weighted by molar-refractivity contribution is 7.89. The number of nitrogens with zero attached hydrogens (tertiary/aromatic N) is 1. The molecule has 1 aromatic carbocycles. The van der Waals surface area contributed by atoms with Crippen molar-refractivity contribution in [2.75, 3.05) is 0 Å². The van der Waals surface area contributed by atoms with Gasteiger partial charge in [-0.2, -0.15) is 0 Å². The van der Waals surface area contributed by atoms with E-state index in [9.17, 15) is 18.0 Å². The maximum absolute atomic E-state index is 12.8. The molecule has 1 aliphatic rings. The van der Waals surface area contributed by atoms with Gasteiger partial charge in [0.15, 0.2) is 0 Å². The number of sulfonamides is 1. The molecular weight excluding hydrogens is 328 g/mol. The Balaban J connectivity index is 2.26. The van der Waals surface area contributed by atoms with Gasteiger partial charge in [0.2, 0.25) is 11.8 Å². The molecule has 2 rings (SSSR count). The molecule has 1 N–H and O–H groups in total. The largest absolute Gasteiger partial charge is 0.352 e. The summed E-state index contributed by atoms with van der Waals surface area (Å²) in [6.45, 7) is 5.73. The summed E-state index contributed by atoms with van der Waals surface area (Å²) in [5.74, 6) is -0.934. The van der Waals surface area contributed by atoms with E-state index in [1.165, 1.54) is 12.1 Å². The van der Waals surface area contributed by atoms with E-state index < -0.39 is 27.9 Å². The lowest BCUT2D eigenvalue weighted by Crippen LogP contribution is -2.49. The SMILES string of the molecule is CCC[C@H](C)NC(=O)[C@@H]1CCC(=O)N1S(=O)(=O)c1ccc(C)cc1. The van der Waals surface area contributed by atoms with Crippen LogP contribution in [0.3, 0.4) is 0 Å². The smallest absolute Gasteiger partial charge is 0.267 e. The first-order valence-corrected chi connectivity index (χ1v) is 9.65. The average molecular weight is 352 g/mol. The van der Waals surface area contributed by atoms with Crippen molar-refractivity contribution in [1.29, 1.82) is 0 Å². The van der Waals surface area contributed by atoms with Crippen LogP contribution in [0.5, 0.6) is 0 Å². The van der Waals surface area contributed by atoms with Crippen LogP contribution < -0.4 is 5.32 Å². The summed E-state index contributed by atoms with van der Waals surface area (Å²) < 4.78 is 26.4. The Morgan fingerprint density at radius 2 is 1.96 bits per heavy atom. The Kier molecular flexibility index (Phi) is 5.64. The summed E-state index contributed by atoms with van der Waals surface area (Å²) in [7, 11) is -4.02. The van der Waals surface area contributed by atoms with E-state index in [0.29, 0.717) is 0 Å². The number of benzene rings is 1. The second kappa shape index (κ2) is 7.34. The molecule has 0 unspecified atom stereocenters. The van der Waals surface area contributed by atoms with Gasteiger partial charge in [0, 0.05) is 12.5 Å². The van der Waals surface area contributed by atoms with Crippen LogP contribution in [-0.4, -0.2) is 36.6 Å². The van der Waals surface area contributed by atoms with Crippen molar-refractivity contribution in [1.82, 2.24) is 9.62 Å². The van der Waals surface area contributed by atoms with E-state index in [1.807, 2.05) is 20.8 Å². The molecule has 0 radical (unpaired) electrons. The zero-order valence-corrected chi connectivity index (χ0v) is 15.1. The summed E-state index contributed by atoms with van der Waals surface area (Å²) in [6, 6.07) is 5.25. The molecule has 0 bridgehead atoms. The number of amides is 2. The fourth-order valence-electron chi connectivity index (χ4n) is 2.87. The second-order valence-corrected chi connectivity index (χ2v) is 8.08. The monoisotopic (exact) mass is 352 g/mol. The predicted molar refractivity (Wildman–Crippen MR) is 90.7 cm³/mol. The number of carbonyl (C=O) groups excluding carboxylic acids is 2. The lowest BCUT2D eigenvalue weighted by atomic mass is 10.1. The zero-order chi connectivity index (χ0) is 17.9. The quantitative estimate of drug-likeness (QED) is 0.848. The number of hydrogen-bond acceptors (Lipinski definition) is 4. The van der Waals surface area contributed by atoms with E-state index in [4.69, 9.17) is 0 Å². The molecule has 1 aromatic rings. The molecule has 1 aliphatic heterocycles. The Bertz CT molecular complexity index is 713. The number of aryl methyl sites for hydroxylation is 1. The van der Waals surface area contributed by atoms with Crippen LogP contribution in [0.4, 0.5) is 0 Å². The van der Waals surface area contributed by atoms with Crippen LogP contribution in [-0.2, 0) is 19.6 Å². The third kappa shape index (κ3) is 3.77. The topological polar surface area (TPSA) is 83.6 Å². The van der Waals surface area contributed by atoms with Gasteiger partial charge in [-0.15, -0.1) is 0 Å². The molecule has 0 aromatic heterocycles. The summed E-state index contributed by atoms with van der Waals surface area (Å²) in [6.07, 6.45) is 1.99. The van der Waals surface area contributed by atoms with Gasteiger partial charge in [-0.25, -0.2) is 12.7 Å².